The number of carbonyl (C=O) groups is 1. The lowest BCUT2D eigenvalue weighted by Crippen LogP contribution is -2.30. The standard InChI is InChI=1S/C24H22N2O4/c1-25(2)18-11-9-17(10-12-18)15-26(16-19-6-5-13-29-19)24(28)23-14-21(27)20-7-3-4-8-22(20)30-23/h3-14H,15-16H2,1-2H3. The van der Waals surface area contributed by atoms with Gasteiger partial charge in [-0.05, 0) is 42.0 Å². The first-order chi connectivity index (χ1) is 14.5. The maximum atomic E-state index is 13.3. The quantitative estimate of drug-likeness (QED) is 0.481. The van der Waals surface area contributed by atoms with Crippen LogP contribution >= 0.6 is 0 Å². The molecular formula is C24H22N2O4. The SMILES string of the molecule is CN(C)c1ccc(CN(Cc2ccco2)C(=O)c2cc(=O)c3ccccc3o2)cc1. The number of hydrogen-bond acceptors (Lipinski definition) is 5. The normalized spacial score (nSPS) is 10.9. The summed E-state index contributed by atoms with van der Waals surface area (Å²) in [5.74, 6) is 0.289. The Morgan fingerprint density at radius 1 is 0.933 bits per heavy atom. The van der Waals surface area contributed by atoms with Crippen LogP contribution in [0, 0.1) is 0 Å². The number of anilines is 1. The Morgan fingerprint density at radius 2 is 1.70 bits per heavy atom. The molecule has 0 unspecified atom stereocenters. The Labute approximate surface area is 173 Å². The zero-order chi connectivity index (χ0) is 21.1. The second kappa shape index (κ2) is 8.29. The molecule has 1 amide bonds. The number of fused-ring (bicyclic) bond motifs is 1. The highest BCUT2D eigenvalue weighted by Crippen LogP contribution is 2.19. The summed E-state index contributed by atoms with van der Waals surface area (Å²) in [5.41, 5.74) is 2.18. The first-order valence-electron chi connectivity index (χ1n) is 9.62. The molecule has 0 fully saturated rings. The van der Waals surface area contributed by atoms with Crippen molar-refractivity contribution < 1.29 is 13.6 Å². The van der Waals surface area contributed by atoms with Gasteiger partial charge in [-0.2, -0.15) is 0 Å². The summed E-state index contributed by atoms with van der Waals surface area (Å²) < 4.78 is 11.2. The van der Waals surface area contributed by atoms with Crippen molar-refractivity contribution in [2.45, 2.75) is 13.1 Å². The van der Waals surface area contributed by atoms with Crippen molar-refractivity contribution >= 4 is 22.6 Å². The maximum Gasteiger partial charge on any atom is 0.290 e. The molecule has 2 aromatic heterocycles. The molecule has 0 bridgehead atoms. The third kappa shape index (κ3) is 4.12. The molecular weight excluding hydrogens is 380 g/mol. The lowest BCUT2D eigenvalue weighted by atomic mass is 10.1. The van der Waals surface area contributed by atoms with Crippen molar-refractivity contribution in [1.82, 2.24) is 4.90 Å². The van der Waals surface area contributed by atoms with Crippen molar-refractivity contribution in [3.8, 4) is 0 Å². The molecule has 6 heteroatoms. The third-order valence-corrected chi connectivity index (χ3v) is 4.89. The fourth-order valence-electron chi connectivity index (χ4n) is 3.28. The van der Waals surface area contributed by atoms with Crippen LogP contribution in [0.25, 0.3) is 11.0 Å². The number of hydrogen-bond donors (Lipinski definition) is 0. The first-order valence-corrected chi connectivity index (χ1v) is 9.62. The summed E-state index contributed by atoms with van der Waals surface area (Å²) in [7, 11) is 3.95. The number of rotatable bonds is 6. The minimum atomic E-state index is -0.370. The van der Waals surface area contributed by atoms with Crippen LogP contribution in [-0.2, 0) is 13.1 Å². The Morgan fingerprint density at radius 3 is 2.40 bits per heavy atom. The van der Waals surface area contributed by atoms with Crippen LogP contribution in [0.3, 0.4) is 0 Å². The molecule has 4 rings (SSSR count). The average molecular weight is 402 g/mol. The van der Waals surface area contributed by atoms with Gasteiger partial charge >= 0.3 is 0 Å². The highest BCUT2D eigenvalue weighted by molar-refractivity contribution is 5.93. The van der Waals surface area contributed by atoms with Crippen molar-refractivity contribution in [3.05, 3.63) is 100 Å². The van der Waals surface area contributed by atoms with E-state index in [0.717, 1.165) is 11.3 Å². The van der Waals surface area contributed by atoms with Gasteiger partial charge in [0.15, 0.2) is 11.2 Å². The van der Waals surface area contributed by atoms with Crippen molar-refractivity contribution in [3.63, 3.8) is 0 Å². The molecule has 0 aliphatic heterocycles. The van der Waals surface area contributed by atoms with E-state index in [0.29, 0.717) is 23.3 Å². The number of para-hydroxylation sites is 1. The van der Waals surface area contributed by atoms with E-state index in [2.05, 4.69) is 0 Å². The molecule has 0 aliphatic carbocycles. The van der Waals surface area contributed by atoms with Crippen molar-refractivity contribution in [2.24, 2.45) is 0 Å². The molecule has 0 atom stereocenters. The largest absolute Gasteiger partial charge is 0.467 e. The Balaban J connectivity index is 1.66. The van der Waals surface area contributed by atoms with E-state index in [-0.39, 0.29) is 23.6 Å². The predicted molar refractivity (Wildman–Crippen MR) is 116 cm³/mol. The summed E-state index contributed by atoms with van der Waals surface area (Å²) in [6.45, 7) is 0.613. The molecule has 2 heterocycles. The smallest absolute Gasteiger partial charge is 0.290 e. The highest BCUT2D eigenvalue weighted by atomic mass is 16.3. The van der Waals surface area contributed by atoms with Gasteiger partial charge in [-0.25, -0.2) is 0 Å². The lowest BCUT2D eigenvalue weighted by molar-refractivity contribution is 0.0686. The molecule has 4 aromatic rings. The van der Waals surface area contributed by atoms with E-state index in [9.17, 15) is 9.59 Å². The molecule has 0 N–H and O–H groups in total. The molecule has 6 nitrogen and oxygen atoms in total. The third-order valence-electron chi connectivity index (χ3n) is 4.89. The minimum absolute atomic E-state index is 0.00941. The second-order valence-corrected chi connectivity index (χ2v) is 7.27. The van der Waals surface area contributed by atoms with Crippen LogP contribution in [-0.4, -0.2) is 24.9 Å². The number of benzene rings is 2. The molecule has 2 aromatic carbocycles. The van der Waals surface area contributed by atoms with Gasteiger partial charge in [0.25, 0.3) is 5.91 Å². The number of nitrogens with zero attached hydrogens (tertiary/aromatic N) is 2. The van der Waals surface area contributed by atoms with E-state index < -0.39 is 0 Å². The molecule has 0 radical (unpaired) electrons. The number of furan rings is 1. The van der Waals surface area contributed by atoms with Gasteiger partial charge in [-0.3, -0.25) is 9.59 Å². The van der Waals surface area contributed by atoms with Crippen LogP contribution in [0.2, 0.25) is 0 Å². The fourth-order valence-corrected chi connectivity index (χ4v) is 3.28. The molecule has 0 aliphatic rings. The summed E-state index contributed by atoms with van der Waals surface area (Å²) >= 11 is 0. The Hall–Kier alpha value is -3.80. The molecule has 152 valence electrons. The fraction of sp³-hybridized carbons (Fsp3) is 0.167. The van der Waals surface area contributed by atoms with Gasteiger partial charge in [-0.15, -0.1) is 0 Å². The summed E-state index contributed by atoms with van der Waals surface area (Å²) in [6, 6.07) is 19.7. The number of amides is 1. The van der Waals surface area contributed by atoms with E-state index in [1.807, 2.05) is 49.3 Å². The van der Waals surface area contributed by atoms with Gasteiger partial charge in [0, 0.05) is 32.4 Å². The minimum Gasteiger partial charge on any atom is -0.467 e. The Kier molecular flexibility index (Phi) is 5.39. The molecule has 30 heavy (non-hydrogen) atoms. The number of carbonyl (C=O) groups excluding carboxylic acids is 1. The van der Waals surface area contributed by atoms with Gasteiger partial charge < -0.3 is 18.6 Å². The summed E-state index contributed by atoms with van der Waals surface area (Å²) in [4.78, 5) is 29.4. The van der Waals surface area contributed by atoms with Crippen LogP contribution < -0.4 is 10.3 Å². The van der Waals surface area contributed by atoms with Crippen molar-refractivity contribution in [2.75, 3.05) is 19.0 Å². The molecule has 0 saturated carbocycles. The van der Waals surface area contributed by atoms with Gasteiger partial charge in [0.1, 0.15) is 11.3 Å². The topological polar surface area (TPSA) is 66.9 Å². The summed E-state index contributed by atoms with van der Waals surface area (Å²) in [6.07, 6.45) is 1.57. The van der Waals surface area contributed by atoms with Gasteiger partial charge in [0.05, 0.1) is 18.2 Å². The lowest BCUT2D eigenvalue weighted by Gasteiger charge is -2.22. The van der Waals surface area contributed by atoms with Crippen LogP contribution in [0.15, 0.2) is 86.6 Å². The highest BCUT2D eigenvalue weighted by Gasteiger charge is 2.21. The second-order valence-electron chi connectivity index (χ2n) is 7.27. The van der Waals surface area contributed by atoms with Crippen LogP contribution in [0.5, 0.6) is 0 Å². The van der Waals surface area contributed by atoms with Crippen molar-refractivity contribution in [1.29, 1.82) is 0 Å². The maximum absolute atomic E-state index is 13.3. The zero-order valence-electron chi connectivity index (χ0n) is 16.9. The summed E-state index contributed by atoms with van der Waals surface area (Å²) in [5, 5.41) is 0.450. The Bertz CT molecular complexity index is 1210. The van der Waals surface area contributed by atoms with E-state index in [1.165, 1.54) is 6.07 Å². The van der Waals surface area contributed by atoms with Crippen LogP contribution in [0.4, 0.5) is 5.69 Å². The zero-order valence-corrected chi connectivity index (χ0v) is 16.9. The monoisotopic (exact) mass is 402 g/mol. The molecule has 0 spiro atoms. The van der Waals surface area contributed by atoms with Gasteiger partial charge in [-0.1, -0.05) is 24.3 Å². The predicted octanol–water partition coefficient (Wildman–Crippen LogP) is 4.29. The van der Waals surface area contributed by atoms with Gasteiger partial charge in [0.2, 0.25) is 0 Å². The van der Waals surface area contributed by atoms with E-state index in [1.54, 1.807) is 41.5 Å². The van der Waals surface area contributed by atoms with E-state index >= 15 is 0 Å². The van der Waals surface area contributed by atoms with E-state index in [4.69, 9.17) is 8.83 Å². The first kappa shape index (κ1) is 19.5. The van der Waals surface area contributed by atoms with Crippen LogP contribution in [0.1, 0.15) is 21.9 Å². The molecule has 0 saturated heterocycles. The average Bonchev–Trinajstić information content (AvgIpc) is 3.26.